The lowest BCUT2D eigenvalue weighted by atomic mass is 9.94. The number of alkyl halides is 6. The van der Waals surface area contributed by atoms with Gasteiger partial charge in [-0.15, -0.1) is 0 Å². The molecule has 0 bridgehead atoms. The van der Waals surface area contributed by atoms with Crippen molar-refractivity contribution in [2.75, 3.05) is 27.2 Å². The maximum atomic E-state index is 13.3. The van der Waals surface area contributed by atoms with E-state index in [1.807, 2.05) is 6.08 Å². The third-order valence-electron chi connectivity index (χ3n) is 5.20. The van der Waals surface area contributed by atoms with Crippen molar-refractivity contribution in [2.45, 2.75) is 31.7 Å². The number of carbonyl (C=O) groups is 1. The average molecular weight is 450 g/mol. The molecule has 5 nitrogen and oxygen atoms in total. The van der Waals surface area contributed by atoms with Gasteiger partial charge in [0.2, 0.25) is 6.41 Å². The number of likely N-dealkylation sites (tertiary alicyclic amines) is 1. The Morgan fingerprint density at radius 3 is 2.29 bits per heavy atom. The zero-order valence-electron chi connectivity index (χ0n) is 17.1. The van der Waals surface area contributed by atoms with Crippen LogP contribution in [-0.2, 0) is 23.7 Å². The molecule has 2 N–H and O–H groups in total. The van der Waals surface area contributed by atoms with Gasteiger partial charge in [0.15, 0.2) is 0 Å². The summed E-state index contributed by atoms with van der Waals surface area (Å²) in [6.45, 7) is 0.782. The lowest BCUT2D eigenvalue weighted by molar-refractivity contribution is -0.143. The lowest BCUT2D eigenvalue weighted by Crippen LogP contribution is -2.34. The maximum absolute atomic E-state index is 13.3. The van der Waals surface area contributed by atoms with E-state index in [2.05, 4.69) is 4.99 Å². The third-order valence-corrected chi connectivity index (χ3v) is 5.20. The van der Waals surface area contributed by atoms with Crippen molar-refractivity contribution in [3.05, 3.63) is 46.7 Å². The van der Waals surface area contributed by atoms with Crippen LogP contribution in [0.15, 0.2) is 35.0 Å². The lowest BCUT2D eigenvalue weighted by Gasteiger charge is -2.32. The number of carbonyl (C=O) groups excluding carboxylic acids is 1. The highest BCUT2D eigenvalue weighted by Gasteiger charge is 2.38. The summed E-state index contributed by atoms with van der Waals surface area (Å²) in [4.78, 5) is 18.0. The van der Waals surface area contributed by atoms with Crippen LogP contribution < -0.4 is 5.73 Å². The molecule has 0 aliphatic carbocycles. The fourth-order valence-corrected chi connectivity index (χ4v) is 3.45. The second kappa shape index (κ2) is 9.71. The van der Waals surface area contributed by atoms with Crippen molar-refractivity contribution in [2.24, 2.45) is 16.6 Å². The monoisotopic (exact) mass is 450 g/mol. The Balaban J connectivity index is 2.14. The molecule has 31 heavy (non-hydrogen) atoms. The maximum Gasteiger partial charge on any atom is 0.416 e. The molecule has 0 unspecified atom stereocenters. The van der Waals surface area contributed by atoms with Gasteiger partial charge in [-0.25, -0.2) is 0 Å². The average Bonchev–Trinajstić information content (AvgIpc) is 2.70. The number of amidine groups is 1. The minimum absolute atomic E-state index is 0.0311. The van der Waals surface area contributed by atoms with Crippen molar-refractivity contribution in [3.63, 3.8) is 0 Å². The van der Waals surface area contributed by atoms with E-state index in [1.54, 1.807) is 4.90 Å². The van der Waals surface area contributed by atoms with E-state index in [0.717, 1.165) is 6.07 Å². The number of aliphatic imine (C=N–C) groups is 1. The second-order valence-corrected chi connectivity index (χ2v) is 7.36. The van der Waals surface area contributed by atoms with E-state index in [-0.39, 0.29) is 29.9 Å². The Kier molecular flexibility index (Phi) is 7.74. The van der Waals surface area contributed by atoms with Gasteiger partial charge >= 0.3 is 12.4 Å². The smallest absolute Gasteiger partial charge is 0.382 e. The first-order valence-electron chi connectivity index (χ1n) is 9.49. The van der Waals surface area contributed by atoms with Gasteiger partial charge in [-0.2, -0.15) is 26.3 Å². The van der Waals surface area contributed by atoms with Crippen LogP contribution in [0.5, 0.6) is 0 Å². The van der Waals surface area contributed by atoms with Crippen molar-refractivity contribution < 1.29 is 31.1 Å². The van der Waals surface area contributed by atoms with Crippen molar-refractivity contribution >= 4 is 12.2 Å². The molecule has 0 radical (unpaired) electrons. The predicted octanol–water partition coefficient (Wildman–Crippen LogP) is 3.90. The van der Waals surface area contributed by atoms with Crippen LogP contribution in [-0.4, -0.2) is 49.2 Å². The first kappa shape index (κ1) is 24.7. The van der Waals surface area contributed by atoms with Gasteiger partial charge in [-0.3, -0.25) is 14.7 Å². The van der Waals surface area contributed by atoms with Crippen LogP contribution in [0.2, 0.25) is 0 Å². The standard InChI is InChI=1S/C20H24F6N4O/c1-28-18(27)17(29(2)12-31)9-13-5-7-30(8-6-13)11-14-3-4-15(19(21,22)23)10-16(14)20(24,25)26/h3-4,9-10,12-13H,5-8,11H2,1-2H3,(H2,27,28)/b17-9-. The second-order valence-electron chi connectivity index (χ2n) is 7.36. The highest BCUT2D eigenvalue weighted by atomic mass is 19.4. The van der Waals surface area contributed by atoms with Gasteiger partial charge in [0, 0.05) is 20.6 Å². The number of hydrogen-bond acceptors (Lipinski definition) is 3. The Morgan fingerprint density at radius 2 is 1.81 bits per heavy atom. The quantitative estimate of drug-likeness (QED) is 0.310. The van der Waals surface area contributed by atoms with Crippen LogP contribution in [0.25, 0.3) is 0 Å². The van der Waals surface area contributed by atoms with Crippen molar-refractivity contribution in [1.82, 2.24) is 9.80 Å². The largest absolute Gasteiger partial charge is 0.416 e. The van der Waals surface area contributed by atoms with Crippen LogP contribution >= 0.6 is 0 Å². The SMILES string of the molecule is CN=C(N)/C(=C/C1CCN(Cc2ccc(C(F)(F)F)cc2C(F)(F)F)CC1)N(C)C=O. The van der Waals surface area contributed by atoms with Crippen LogP contribution in [0, 0.1) is 5.92 Å². The number of piperidine rings is 1. The number of hydrogen-bond donors (Lipinski definition) is 1. The predicted molar refractivity (Wildman–Crippen MR) is 104 cm³/mol. The fourth-order valence-electron chi connectivity index (χ4n) is 3.45. The van der Waals surface area contributed by atoms with E-state index in [9.17, 15) is 31.1 Å². The summed E-state index contributed by atoms with van der Waals surface area (Å²) in [5.74, 6) is 0.222. The first-order valence-corrected chi connectivity index (χ1v) is 9.49. The van der Waals surface area contributed by atoms with Crippen molar-refractivity contribution in [3.8, 4) is 0 Å². The molecule has 11 heteroatoms. The van der Waals surface area contributed by atoms with E-state index in [4.69, 9.17) is 5.73 Å². The Morgan fingerprint density at radius 1 is 1.19 bits per heavy atom. The summed E-state index contributed by atoms with van der Waals surface area (Å²) in [5, 5.41) is 0. The molecule has 1 fully saturated rings. The molecule has 0 spiro atoms. The molecule has 0 saturated carbocycles. The number of rotatable bonds is 6. The molecular weight excluding hydrogens is 426 g/mol. The van der Waals surface area contributed by atoms with Gasteiger partial charge in [-0.05, 0) is 49.5 Å². The molecule has 1 aliphatic heterocycles. The van der Waals surface area contributed by atoms with Gasteiger partial charge in [-0.1, -0.05) is 12.1 Å². The number of halogens is 6. The van der Waals surface area contributed by atoms with Gasteiger partial charge in [0.1, 0.15) is 5.84 Å². The molecule has 172 valence electrons. The van der Waals surface area contributed by atoms with E-state index < -0.39 is 23.5 Å². The summed E-state index contributed by atoms with van der Waals surface area (Å²) in [6.07, 6.45) is -6.14. The molecule has 0 aromatic heterocycles. The minimum Gasteiger partial charge on any atom is -0.382 e. The van der Waals surface area contributed by atoms with E-state index in [0.29, 0.717) is 44.1 Å². The first-order chi connectivity index (χ1) is 14.4. The molecular formula is C20H24F6N4O. The summed E-state index contributed by atoms with van der Waals surface area (Å²) in [7, 11) is 3.03. The Bertz CT molecular complexity index is 839. The molecule has 1 heterocycles. The number of likely N-dealkylation sites (N-methyl/N-ethyl adjacent to an activating group) is 1. The number of amides is 1. The summed E-state index contributed by atoms with van der Waals surface area (Å²) in [5.41, 5.74) is 3.49. The van der Waals surface area contributed by atoms with Gasteiger partial charge < -0.3 is 10.6 Å². The fraction of sp³-hybridized carbons (Fsp3) is 0.500. The van der Waals surface area contributed by atoms with Crippen LogP contribution in [0.1, 0.15) is 29.5 Å². The molecule has 1 aliphatic rings. The molecule has 0 atom stereocenters. The number of nitrogens with zero attached hydrogens (tertiary/aromatic N) is 3. The number of benzene rings is 1. The third kappa shape index (κ3) is 6.46. The zero-order valence-corrected chi connectivity index (χ0v) is 17.1. The molecule has 1 saturated heterocycles. The summed E-state index contributed by atoms with van der Waals surface area (Å²) < 4.78 is 78.5. The summed E-state index contributed by atoms with van der Waals surface area (Å²) >= 11 is 0. The highest BCUT2D eigenvalue weighted by Crippen LogP contribution is 2.38. The normalized spacial score (nSPS) is 17.7. The Labute approximate surface area is 176 Å². The van der Waals surface area contributed by atoms with E-state index >= 15 is 0 Å². The molecule has 1 aromatic rings. The highest BCUT2D eigenvalue weighted by molar-refractivity contribution is 5.97. The van der Waals surface area contributed by atoms with Crippen molar-refractivity contribution in [1.29, 1.82) is 0 Å². The van der Waals surface area contributed by atoms with E-state index in [1.165, 1.54) is 19.0 Å². The van der Waals surface area contributed by atoms with Crippen LogP contribution in [0.4, 0.5) is 26.3 Å². The number of allylic oxidation sites excluding steroid dienone is 1. The van der Waals surface area contributed by atoms with Gasteiger partial charge in [0.05, 0.1) is 16.8 Å². The minimum atomic E-state index is -4.89. The van der Waals surface area contributed by atoms with Gasteiger partial charge in [0.25, 0.3) is 0 Å². The molecule has 2 rings (SSSR count). The molecule has 1 aromatic carbocycles. The molecule has 1 amide bonds. The van der Waals surface area contributed by atoms with Crippen LogP contribution in [0.3, 0.4) is 0 Å². The summed E-state index contributed by atoms with van der Waals surface area (Å²) in [6, 6.07) is 1.74. The number of nitrogens with two attached hydrogens (primary N) is 1. The zero-order chi connectivity index (χ0) is 23.4. The Hall–Kier alpha value is -2.56. The topological polar surface area (TPSA) is 61.9 Å².